The largest absolute Gasteiger partial charge is 0.451 e. The van der Waals surface area contributed by atoms with E-state index < -0.39 is 17.0 Å². The highest BCUT2D eigenvalue weighted by Crippen LogP contribution is 2.68. The third-order valence-corrected chi connectivity index (χ3v) is 9.77. The molecule has 0 N–H and O–H groups in total. The van der Waals surface area contributed by atoms with E-state index in [0.717, 1.165) is 24.8 Å². The molecule has 2 saturated carbocycles. The monoisotopic (exact) mass is 452 g/mol. The predicted molar refractivity (Wildman–Crippen MR) is 116 cm³/mol. The van der Waals surface area contributed by atoms with E-state index in [1.54, 1.807) is 13.0 Å². The molecular weight excluding hydrogens is 423 g/mol. The number of ether oxygens (including phenoxy) is 1. The number of hydrogen-bond acceptors (Lipinski definition) is 4. The van der Waals surface area contributed by atoms with Crippen LogP contribution in [0.3, 0.4) is 0 Å². The van der Waals surface area contributed by atoms with Crippen molar-refractivity contribution in [2.75, 3.05) is 5.88 Å². The van der Waals surface area contributed by atoms with Gasteiger partial charge in [0.2, 0.25) is 0 Å². The van der Waals surface area contributed by atoms with Gasteiger partial charge in [-0.1, -0.05) is 31.5 Å². The van der Waals surface area contributed by atoms with Gasteiger partial charge >= 0.3 is 5.97 Å². The molecule has 7 atom stereocenters. The van der Waals surface area contributed by atoms with Crippen LogP contribution < -0.4 is 0 Å². The Balaban J connectivity index is 1.82. The minimum absolute atomic E-state index is 0.0402. The Morgan fingerprint density at radius 3 is 2.43 bits per heavy atom. The second-order valence-corrected chi connectivity index (χ2v) is 10.9. The molecule has 0 saturated heterocycles. The second kappa shape index (κ2) is 7.20. The van der Waals surface area contributed by atoms with Crippen molar-refractivity contribution in [1.82, 2.24) is 0 Å². The highest BCUT2D eigenvalue weighted by atomic mass is 35.5. The zero-order valence-electron chi connectivity index (χ0n) is 18.1. The summed E-state index contributed by atoms with van der Waals surface area (Å²) in [7, 11) is 0. The third kappa shape index (κ3) is 2.75. The highest BCUT2D eigenvalue weighted by Gasteiger charge is 2.68. The molecule has 0 aromatic carbocycles. The van der Waals surface area contributed by atoms with Gasteiger partial charge in [0.1, 0.15) is 0 Å². The number of carbonyl (C=O) groups is 3. The maximum atomic E-state index is 12.8. The summed E-state index contributed by atoms with van der Waals surface area (Å²) in [5, 5.41) is 0.638. The summed E-state index contributed by atoms with van der Waals surface area (Å²) in [5.74, 6) is 0.705. The van der Waals surface area contributed by atoms with Crippen LogP contribution in [0.25, 0.3) is 0 Å². The molecule has 0 aromatic heterocycles. The van der Waals surface area contributed by atoms with Crippen LogP contribution in [0.5, 0.6) is 0 Å². The number of ketones is 2. The van der Waals surface area contributed by atoms with Gasteiger partial charge in [0.25, 0.3) is 0 Å². The minimum atomic E-state index is -1.07. The molecule has 30 heavy (non-hydrogen) atoms. The Labute approximate surface area is 188 Å². The smallest absolute Gasteiger partial charge is 0.303 e. The minimum Gasteiger partial charge on any atom is -0.451 e. The maximum Gasteiger partial charge on any atom is 0.303 e. The number of hydrogen-bond donors (Lipinski definition) is 0. The maximum absolute atomic E-state index is 12.8. The van der Waals surface area contributed by atoms with E-state index in [1.165, 1.54) is 6.92 Å². The molecule has 4 nitrogen and oxygen atoms in total. The van der Waals surface area contributed by atoms with Crippen molar-refractivity contribution in [1.29, 1.82) is 0 Å². The van der Waals surface area contributed by atoms with Gasteiger partial charge in [-0.25, -0.2) is 0 Å². The van der Waals surface area contributed by atoms with E-state index in [2.05, 4.69) is 19.9 Å². The highest BCUT2D eigenvalue weighted by molar-refractivity contribution is 6.32. The number of rotatable bonds is 3. The zero-order valence-corrected chi connectivity index (χ0v) is 19.6. The molecule has 4 aliphatic carbocycles. The molecule has 0 spiro atoms. The molecule has 0 heterocycles. The molecule has 4 rings (SSSR count). The van der Waals surface area contributed by atoms with Gasteiger partial charge in [-0.05, 0) is 67.9 Å². The number of esters is 1. The first-order chi connectivity index (χ1) is 14.0. The Bertz CT molecular complexity index is 876. The topological polar surface area (TPSA) is 60.4 Å². The Hall–Kier alpha value is -1.13. The van der Waals surface area contributed by atoms with E-state index in [1.807, 2.05) is 0 Å². The molecule has 0 aliphatic heterocycles. The van der Waals surface area contributed by atoms with E-state index in [0.29, 0.717) is 29.7 Å². The summed E-state index contributed by atoms with van der Waals surface area (Å²) in [6.45, 7) is 7.26. The molecule has 2 fully saturated rings. The lowest BCUT2D eigenvalue weighted by atomic mass is 9.46. The van der Waals surface area contributed by atoms with E-state index in [-0.39, 0.29) is 34.7 Å². The molecule has 0 radical (unpaired) electrons. The van der Waals surface area contributed by atoms with Crippen molar-refractivity contribution < 1.29 is 19.1 Å². The fourth-order valence-corrected chi connectivity index (χ4v) is 8.38. The summed E-state index contributed by atoms with van der Waals surface area (Å²) < 4.78 is 5.81. The van der Waals surface area contributed by atoms with Crippen LogP contribution in [-0.2, 0) is 19.1 Å². The summed E-state index contributed by atoms with van der Waals surface area (Å²) in [4.78, 5) is 37.1. The Morgan fingerprint density at radius 1 is 1.17 bits per heavy atom. The van der Waals surface area contributed by atoms with Gasteiger partial charge in [0.05, 0.1) is 0 Å². The number of carbonyl (C=O) groups excluding carboxylic acids is 3. The van der Waals surface area contributed by atoms with Crippen LogP contribution in [0.1, 0.15) is 59.8 Å². The average Bonchev–Trinajstić information content (AvgIpc) is 2.96. The molecule has 4 aliphatic rings. The first kappa shape index (κ1) is 22.1. The molecular formula is C24H30Cl2O4. The van der Waals surface area contributed by atoms with Crippen LogP contribution in [0.4, 0.5) is 0 Å². The number of allylic oxidation sites excluding steroid dienone is 4. The molecule has 0 amide bonds. The average molecular weight is 453 g/mol. The summed E-state index contributed by atoms with van der Waals surface area (Å²) >= 11 is 13.2. The van der Waals surface area contributed by atoms with E-state index >= 15 is 0 Å². The van der Waals surface area contributed by atoms with Crippen molar-refractivity contribution in [3.8, 4) is 0 Å². The molecule has 164 valence electrons. The molecule has 0 bridgehead atoms. The van der Waals surface area contributed by atoms with Gasteiger partial charge in [0.15, 0.2) is 17.2 Å². The first-order valence-corrected chi connectivity index (χ1v) is 11.8. The molecule has 6 heteroatoms. The van der Waals surface area contributed by atoms with Gasteiger partial charge in [-0.15, -0.1) is 11.6 Å². The fourth-order valence-electron chi connectivity index (χ4n) is 7.54. The summed E-state index contributed by atoms with van der Waals surface area (Å²) in [5.41, 5.74) is -0.846. The van der Waals surface area contributed by atoms with Gasteiger partial charge in [-0.3, -0.25) is 14.4 Å². The zero-order chi connectivity index (χ0) is 22.1. The standard InChI is InChI=1S/C24H30Cl2O4/c1-13(27)24(30-14(2)28)8-6-18-17-11-21(26)20-10-16(29)9-15(12-25)23(20,4)19(17)5-7-22(18,24)3/h10-11,15,17-19H,5-9,12H2,1-4H3/t15-,17+,18+,19+,22?,23-,24+/m1/s1. The number of fused-ring (bicyclic) bond motifs is 5. The van der Waals surface area contributed by atoms with Gasteiger partial charge < -0.3 is 4.74 Å². The lowest BCUT2D eigenvalue weighted by Gasteiger charge is -2.59. The van der Waals surface area contributed by atoms with E-state index in [4.69, 9.17) is 27.9 Å². The number of alkyl halides is 1. The van der Waals surface area contributed by atoms with Crippen LogP contribution in [-0.4, -0.2) is 29.0 Å². The van der Waals surface area contributed by atoms with Crippen molar-refractivity contribution in [3.63, 3.8) is 0 Å². The van der Waals surface area contributed by atoms with Crippen molar-refractivity contribution in [2.24, 2.45) is 34.5 Å². The summed E-state index contributed by atoms with van der Waals surface area (Å²) in [6, 6.07) is 0. The van der Waals surface area contributed by atoms with Gasteiger partial charge in [-0.2, -0.15) is 0 Å². The second-order valence-electron chi connectivity index (χ2n) is 10.1. The molecule has 1 unspecified atom stereocenters. The first-order valence-electron chi connectivity index (χ1n) is 10.9. The fraction of sp³-hybridized carbons (Fsp3) is 0.708. The Morgan fingerprint density at radius 2 is 1.83 bits per heavy atom. The van der Waals surface area contributed by atoms with Crippen LogP contribution in [0.2, 0.25) is 0 Å². The molecule has 0 aromatic rings. The summed E-state index contributed by atoms with van der Waals surface area (Å²) in [6.07, 6.45) is 7.31. The van der Waals surface area contributed by atoms with Crippen LogP contribution in [0.15, 0.2) is 22.8 Å². The number of Topliss-reactive ketones (excluding diaryl/α,β-unsaturated/α-hetero) is 1. The van der Waals surface area contributed by atoms with Crippen LogP contribution >= 0.6 is 23.2 Å². The predicted octanol–water partition coefficient (Wildman–Crippen LogP) is 5.22. The van der Waals surface area contributed by atoms with Crippen molar-refractivity contribution >= 4 is 40.7 Å². The lowest BCUT2D eigenvalue weighted by Crippen LogP contribution is -2.59. The number of halogens is 2. The quantitative estimate of drug-likeness (QED) is 0.435. The normalized spacial score (nSPS) is 44.9. The van der Waals surface area contributed by atoms with Crippen molar-refractivity contribution in [2.45, 2.75) is 65.4 Å². The lowest BCUT2D eigenvalue weighted by molar-refractivity contribution is -0.185. The van der Waals surface area contributed by atoms with Gasteiger partial charge in [0, 0.05) is 35.1 Å². The third-order valence-electron chi connectivity index (χ3n) is 9.07. The van der Waals surface area contributed by atoms with E-state index in [9.17, 15) is 14.4 Å². The van der Waals surface area contributed by atoms with Crippen molar-refractivity contribution in [3.05, 3.63) is 22.8 Å². The SMILES string of the molecule is CC(=O)O[C@]1(C(C)=O)CC[C@H]2[C@@H]3C=C(Cl)C4=CC(=O)C[C@H](CCl)[C@]4(C)[C@H]3CCC21C. The van der Waals surface area contributed by atoms with Crippen LogP contribution in [0, 0.1) is 34.5 Å². The Kier molecular flexibility index (Phi) is 5.30.